The van der Waals surface area contributed by atoms with Crippen LogP contribution in [0.15, 0.2) is 36.7 Å². The maximum atomic E-state index is 12.7. The van der Waals surface area contributed by atoms with Gasteiger partial charge in [-0.3, -0.25) is 0 Å². The molecule has 5 heteroatoms. The molecule has 0 atom stereocenters. The Labute approximate surface area is 99.1 Å². The third-order valence-corrected chi connectivity index (χ3v) is 2.35. The van der Waals surface area contributed by atoms with Gasteiger partial charge in [0, 0.05) is 31.7 Å². The summed E-state index contributed by atoms with van der Waals surface area (Å²) in [5.41, 5.74) is 0.802. The van der Waals surface area contributed by atoms with Crippen molar-refractivity contribution in [3.8, 4) is 0 Å². The third kappa shape index (κ3) is 3.04. The molecule has 2 aromatic rings. The van der Waals surface area contributed by atoms with Gasteiger partial charge in [0.15, 0.2) is 0 Å². The van der Waals surface area contributed by atoms with Crippen molar-refractivity contribution in [1.82, 2.24) is 9.55 Å². The molecule has 2 rings (SSSR count). The fourth-order valence-electron chi connectivity index (χ4n) is 1.47. The molecule has 90 valence electrons. The van der Waals surface area contributed by atoms with Gasteiger partial charge in [-0.15, -0.1) is 0 Å². The molecule has 1 aromatic heterocycles. The minimum Gasteiger partial charge on any atom is -0.383 e. The molecule has 17 heavy (non-hydrogen) atoms. The Bertz CT molecular complexity index is 467. The number of imidazole rings is 1. The van der Waals surface area contributed by atoms with Gasteiger partial charge >= 0.3 is 0 Å². The maximum Gasteiger partial charge on any atom is 0.207 e. The van der Waals surface area contributed by atoms with Crippen LogP contribution in [0.4, 0.5) is 16.0 Å². The lowest BCUT2D eigenvalue weighted by Crippen LogP contribution is -2.07. The minimum absolute atomic E-state index is 0.252. The van der Waals surface area contributed by atoms with Gasteiger partial charge in [0.2, 0.25) is 5.95 Å². The molecule has 1 N–H and O–H groups in total. The number of nitrogens with zero attached hydrogens (tertiary/aromatic N) is 2. The number of halogens is 1. The lowest BCUT2D eigenvalue weighted by Gasteiger charge is -2.09. The predicted octanol–water partition coefficient (Wildman–Crippen LogP) is 2.41. The highest BCUT2D eigenvalue weighted by molar-refractivity contribution is 5.53. The molecule has 4 nitrogen and oxygen atoms in total. The van der Waals surface area contributed by atoms with Crippen molar-refractivity contribution in [3.63, 3.8) is 0 Å². The van der Waals surface area contributed by atoms with Crippen LogP contribution in [0.1, 0.15) is 0 Å². The highest BCUT2D eigenvalue weighted by atomic mass is 19.1. The van der Waals surface area contributed by atoms with E-state index in [0.29, 0.717) is 12.6 Å². The van der Waals surface area contributed by atoms with Crippen LogP contribution in [0.2, 0.25) is 0 Å². The quantitative estimate of drug-likeness (QED) is 0.865. The summed E-state index contributed by atoms with van der Waals surface area (Å²) in [6.07, 6.45) is 3.58. The summed E-state index contributed by atoms with van der Waals surface area (Å²) in [6.45, 7) is 1.34. The van der Waals surface area contributed by atoms with E-state index >= 15 is 0 Å². The molecule has 0 fully saturated rings. The Hall–Kier alpha value is -1.88. The van der Waals surface area contributed by atoms with Crippen molar-refractivity contribution in [2.75, 3.05) is 19.0 Å². The molecule has 0 spiro atoms. The number of hydrogen-bond acceptors (Lipinski definition) is 3. The second-order valence-electron chi connectivity index (χ2n) is 3.57. The molecule has 1 aromatic carbocycles. The van der Waals surface area contributed by atoms with Crippen molar-refractivity contribution >= 4 is 11.6 Å². The molecule has 0 radical (unpaired) electrons. The first-order valence-corrected chi connectivity index (χ1v) is 5.32. The smallest absolute Gasteiger partial charge is 0.207 e. The number of methoxy groups -OCH3 is 1. The largest absolute Gasteiger partial charge is 0.383 e. The molecular formula is C12H14FN3O. The Morgan fingerprint density at radius 2 is 2.12 bits per heavy atom. The van der Waals surface area contributed by atoms with Crippen molar-refractivity contribution in [2.45, 2.75) is 6.54 Å². The molecule has 0 aliphatic heterocycles. The molecule has 0 saturated carbocycles. The maximum absolute atomic E-state index is 12.7. The standard InChI is InChI=1S/C12H14FN3O/c1-17-9-8-16-7-6-14-12(16)15-11-4-2-10(13)3-5-11/h2-7H,8-9H2,1H3,(H,14,15). The van der Waals surface area contributed by atoms with Crippen LogP contribution in [0.25, 0.3) is 0 Å². The monoisotopic (exact) mass is 235 g/mol. The lowest BCUT2D eigenvalue weighted by molar-refractivity contribution is 0.188. The third-order valence-electron chi connectivity index (χ3n) is 2.35. The number of anilines is 2. The second kappa shape index (κ2) is 5.45. The Kier molecular flexibility index (Phi) is 3.72. The van der Waals surface area contributed by atoms with E-state index in [2.05, 4.69) is 10.3 Å². The van der Waals surface area contributed by atoms with Crippen molar-refractivity contribution in [2.24, 2.45) is 0 Å². The first-order chi connectivity index (χ1) is 8.29. The average molecular weight is 235 g/mol. The minimum atomic E-state index is -0.252. The summed E-state index contributed by atoms with van der Waals surface area (Å²) < 4.78 is 19.7. The highest BCUT2D eigenvalue weighted by Gasteiger charge is 2.02. The molecule has 0 unspecified atom stereocenters. The SMILES string of the molecule is COCCn1ccnc1Nc1ccc(F)cc1. The van der Waals surface area contributed by atoms with Gasteiger partial charge in [0.05, 0.1) is 6.61 Å². The van der Waals surface area contributed by atoms with E-state index in [-0.39, 0.29) is 5.82 Å². The first-order valence-electron chi connectivity index (χ1n) is 5.32. The zero-order valence-corrected chi connectivity index (χ0v) is 9.56. The van der Waals surface area contributed by atoms with Crippen molar-refractivity contribution in [1.29, 1.82) is 0 Å². The van der Waals surface area contributed by atoms with E-state index in [9.17, 15) is 4.39 Å². The zero-order chi connectivity index (χ0) is 12.1. The lowest BCUT2D eigenvalue weighted by atomic mass is 10.3. The Balaban J connectivity index is 2.07. The Morgan fingerprint density at radius 1 is 1.35 bits per heavy atom. The zero-order valence-electron chi connectivity index (χ0n) is 9.56. The van der Waals surface area contributed by atoms with Crippen LogP contribution >= 0.6 is 0 Å². The van der Waals surface area contributed by atoms with Crippen LogP contribution in [0.3, 0.4) is 0 Å². The van der Waals surface area contributed by atoms with E-state index in [1.807, 2.05) is 10.8 Å². The van der Waals surface area contributed by atoms with Crippen LogP contribution in [0.5, 0.6) is 0 Å². The summed E-state index contributed by atoms with van der Waals surface area (Å²) in [5, 5.41) is 3.12. The molecule has 0 saturated heterocycles. The molecule has 0 amide bonds. The van der Waals surface area contributed by atoms with E-state index < -0.39 is 0 Å². The molecular weight excluding hydrogens is 221 g/mol. The Morgan fingerprint density at radius 3 is 2.82 bits per heavy atom. The topological polar surface area (TPSA) is 39.1 Å². The second-order valence-corrected chi connectivity index (χ2v) is 3.57. The van der Waals surface area contributed by atoms with Crippen molar-refractivity contribution < 1.29 is 9.13 Å². The number of hydrogen-bond donors (Lipinski definition) is 1. The van der Waals surface area contributed by atoms with E-state index in [4.69, 9.17) is 4.74 Å². The van der Waals surface area contributed by atoms with E-state index in [1.54, 1.807) is 25.4 Å². The average Bonchev–Trinajstić information content (AvgIpc) is 2.77. The number of ether oxygens (including phenoxy) is 1. The van der Waals surface area contributed by atoms with Gasteiger partial charge in [-0.25, -0.2) is 9.37 Å². The molecule has 0 aliphatic carbocycles. The number of rotatable bonds is 5. The normalized spacial score (nSPS) is 10.5. The number of aromatic nitrogens is 2. The molecule has 0 bridgehead atoms. The fraction of sp³-hybridized carbons (Fsp3) is 0.250. The number of nitrogens with one attached hydrogen (secondary N) is 1. The summed E-state index contributed by atoms with van der Waals surface area (Å²) in [6, 6.07) is 6.16. The predicted molar refractivity (Wildman–Crippen MR) is 63.8 cm³/mol. The summed E-state index contributed by atoms with van der Waals surface area (Å²) >= 11 is 0. The van der Waals surface area contributed by atoms with Gasteiger partial charge in [0.25, 0.3) is 0 Å². The highest BCUT2D eigenvalue weighted by Crippen LogP contribution is 2.15. The van der Waals surface area contributed by atoms with Gasteiger partial charge in [-0.2, -0.15) is 0 Å². The van der Waals surface area contributed by atoms with Gasteiger partial charge in [0.1, 0.15) is 5.82 Å². The summed E-state index contributed by atoms with van der Waals surface area (Å²) in [5.74, 6) is 0.465. The van der Waals surface area contributed by atoms with E-state index in [1.165, 1.54) is 12.1 Å². The molecule has 1 heterocycles. The van der Waals surface area contributed by atoms with E-state index in [0.717, 1.165) is 12.2 Å². The van der Waals surface area contributed by atoms with Gasteiger partial charge in [-0.1, -0.05) is 0 Å². The van der Waals surface area contributed by atoms with Crippen LogP contribution < -0.4 is 5.32 Å². The van der Waals surface area contributed by atoms with Crippen LogP contribution in [0, 0.1) is 5.82 Å². The van der Waals surface area contributed by atoms with Gasteiger partial charge in [-0.05, 0) is 24.3 Å². The fourth-order valence-corrected chi connectivity index (χ4v) is 1.47. The number of benzene rings is 1. The van der Waals surface area contributed by atoms with Crippen LogP contribution in [-0.2, 0) is 11.3 Å². The first kappa shape index (κ1) is 11.6. The van der Waals surface area contributed by atoms with Gasteiger partial charge < -0.3 is 14.6 Å². The van der Waals surface area contributed by atoms with Crippen LogP contribution in [-0.4, -0.2) is 23.3 Å². The van der Waals surface area contributed by atoms with Crippen molar-refractivity contribution in [3.05, 3.63) is 42.5 Å². The summed E-state index contributed by atoms with van der Waals surface area (Å²) in [7, 11) is 1.66. The molecule has 0 aliphatic rings. The summed E-state index contributed by atoms with van der Waals surface area (Å²) in [4.78, 5) is 4.19.